The van der Waals surface area contributed by atoms with Gasteiger partial charge in [-0.05, 0) is 129 Å². The van der Waals surface area contributed by atoms with Crippen molar-refractivity contribution in [2.75, 3.05) is 4.90 Å². The average Bonchev–Trinajstić information content (AvgIpc) is 3.98. The smallest absolute Gasteiger partial charge is 0.0547 e. The maximum Gasteiger partial charge on any atom is 0.0547 e. The summed E-state index contributed by atoms with van der Waals surface area (Å²) in [6.07, 6.45) is 0. The van der Waals surface area contributed by atoms with Crippen LogP contribution in [0.2, 0.25) is 0 Å². The van der Waals surface area contributed by atoms with E-state index in [1.54, 1.807) is 0 Å². The van der Waals surface area contributed by atoms with Crippen molar-refractivity contribution in [1.82, 2.24) is 9.13 Å². The monoisotopic (exact) mass is 843 g/mol. The Hall–Kier alpha value is -8.40. The van der Waals surface area contributed by atoms with E-state index in [-0.39, 0.29) is 5.41 Å². The number of hydrogen-bond acceptors (Lipinski definition) is 1. The molecule has 312 valence electrons. The Labute approximate surface area is 384 Å². The molecule has 1 aliphatic rings. The second-order valence-electron chi connectivity index (χ2n) is 18.1. The molecular formula is C63H45N3. The van der Waals surface area contributed by atoms with Crippen molar-refractivity contribution in [2.24, 2.45) is 0 Å². The lowest BCUT2D eigenvalue weighted by atomic mass is 9.81. The average molecular weight is 844 g/mol. The molecule has 13 rings (SSSR count). The summed E-state index contributed by atoms with van der Waals surface area (Å²) in [7, 11) is 0. The van der Waals surface area contributed by atoms with Gasteiger partial charge in [-0.3, -0.25) is 0 Å². The van der Waals surface area contributed by atoms with Crippen LogP contribution in [0.5, 0.6) is 0 Å². The summed E-state index contributed by atoms with van der Waals surface area (Å²) in [4.78, 5) is 2.47. The zero-order chi connectivity index (χ0) is 43.9. The highest BCUT2D eigenvalue weighted by Crippen LogP contribution is 2.54. The zero-order valence-electron chi connectivity index (χ0n) is 36.9. The number of benzene rings is 10. The second kappa shape index (κ2) is 14.8. The third-order valence-corrected chi connectivity index (χ3v) is 14.1. The molecule has 12 aromatic rings. The van der Waals surface area contributed by atoms with E-state index in [1.807, 2.05) is 0 Å². The lowest BCUT2D eigenvalue weighted by Gasteiger charge is -2.32. The van der Waals surface area contributed by atoms with Crippen molar-refractivity contribution in [3.8, 4) is 44.8 Å². The fraction of sp³-hybridized carbons (Fsp3) is 0.0476. The summed E-state index contributed by atoms with van der Waals surface area (Å²) in [5.74, 6) is 0. The number of anilines is 3. The topological polar surface area (TPSA) is 13.1 Å². The minimum absolute atomic E-state index is 0.197. The van der Waals surface area contributed by atoms with Crippen molar-refractivity contribution in [3.63, 3.8) is 0 Å². The quantitative estimate of drug-likeness (QED) is 0.156. The Morgan fingerprint density at radius 3 is 1.56 bits per heavy atom. The summed E-state index contributed by atoms with van der Waals surface area (Å²) in [5.41, 5.74) is 20.5. The van der Waals surface area contributed by atoms with Crippen molar-refractivity contribution >= 4 is 60.7 Å². The van der Waals surface area contributed by atoms with Gasteiger partial charge in [0.25, 0.3) is 0 Å². The van der Waals surface area contributed by atoms with Gasteiger partial charge in [0.15, 0.2) is 0 Å². The number of rotatable bonds is 7. The number of aromatic nitrogens is 2. The third-order valence-electron chi connectivity index (χ3n) is 14.1. The Morgan fingerprint density at radius 1 is 0.348 bits per heavy atom. The Morgan fingerprint density at radius 2 is 0.848 bits per heavy atom. The van der Waals surface area contributed by atoms with Crippen LogP contribution in [0.15, 0.2) is 237 Å². The lowest BCUT2D eigenvalue weighted by Crippen LogP contribution is -2.20. The zero-order valence-corrected chi connectivity index (χ0v) is 36.9. The van der Waals surface area contributed by atoms with Crippen LogP contribution >= 0.6 is 0 Å². The molecule has 0 fully saturated rings. The van der Waals surface area contributed by atoms with E-state index in [0.29, 0.717) is 0 Å². The standard InChI is InChI=1S/C63H45N3/c1-63(2)55-26-12-9-21-50(55)52-25-16-30-60(62(52)63)64(47-36-31-42(32-37-47)44-35-40-58-54(41-44)51-22-10-13-27-56(51)65(58)45-17-5-3-6-18-45)48-38-33-43(34-39-48)49-24-15-29-59-61(49)53-23-11-14-28-57(53)66(59)46-19-7-4-8-20-46/h3-41H,1-2H3. The van der Waals surface area contributed by atoms with E-state index >= 15 is 0 Å². The maximum absolute atomic E-state index is 2.47. The van der Waals surface area contributed by atoms with E-state index in [2.05, 4.69) is 264 Å². The molecule has 10 aromatic carbocycles. The van der Waals surface area contributed by atoms with Crippen molar-refractivity contribution in [1.29, 1.82) is 0 Å². The first-order chi connectivity index (χ1) is 32.5. The number of nitrogens with zero attached hydrogens (tertiary/aromatic N) is 3. The maximum atomic E-state index is 2.47. The van der Waals surface area contributed by atoms with Gasteiger partial charge in [0, 0.05) is 49.7 Å². The van der Waals surface area contributed by atoms with E-state index in [9.17, 15) is 0 Å². The predicted molar refractivity (Wildman–Crippen MR) is 278 cm³/mol. The third kappa shape index (κ3) is 5.76. The van der Waals surface area contributed by atoms with Gasteiger partial charge < -0.3 is 14.0 Å². The molecule has 1 aliphatic carbocycles. The van der Waals surface area contributed by atoms with Crippen LogP contribution in [-0.4, -0.2) is 9.13 Å². The van der Waals surface area contributed by atoms with Crippen molar-refractivity contribution in [2.45, 2.75) is 19.3 Å². The largest absolute Gasteiger partial charge is 0.310 e. The molecule has 0 atom stereocenters. The molecule has 0 spiro atoms. The normalized spacial score (nSPS) is 12.8. The van der Waals surface area contributed by atoms with Gasteiger partial charge in [-0.2, -0.15) is 0 Å². The van der Waals surface area contributed by atoms with Gasteiger partial charge in [0.05, 0.1) is 27.8 Å². The Balaban J connectivity index is 0.945. The first kappa shape index (κ1) is 38.1. The fourth-order valence-electron chi connectivity index (χ4n) is 11.1. The number of hydrogen-bond donors (Lipinski definition) is 0. The van der Waals surface area contributed by atoms with Gasteiger partial charge in [-0.15, -0.1) is 0 Å². The summed E-state index contributed by atoms with van der Waals surface area (Å²) >= 11 is 0. The Bertz CT molecular complexity index is 3820. The van der Waals surface area contributed by atoms with Gasteiger partial charge in [-0.1, -0.05) is 166 Å². The molecule has 0 saturated carbocycles. The highest BCUT2D eigenvalue weighted by Gasteiger charge is 2.38. The van der Waals surface area contributed by atoms with Crippen molar-refractivity contribution < 1.29 is 0 Å². The molecule has 0 bridgehead atoms. The highest BCUT2D eigenvalue weighted by atomic mass is 15.1. The molecule has 3 heteroatoms. The van der Waals surface area contributed by atoms with Crippen LogP contribution in [0.25, 0.3) is 88.4 Å². The van der Waals surface area contributed by atoms with Crippen LogP contribution in [0.1, 0.15) is 25.0 Å². The minimum atomic E-state index is -0.197. The second-order valence-corrected chi connectivity index (χ2v) is 18.1. The molecule has 2 aromatic heterocycles. The van der Waals surface area contributed by atoms with Gasteiger partial charge >= 0.3 is 0 Å². The molecule has 0 unspecified atom stereocenters. The van der Waals surface area contributed by atoms with Crippen LogP contribution in [0, 0.1) is 0 Å². The lowest BCUT2D eigenvalue weighted by molar-refractivity contribution is 0.661. The SMILES string of the molecule is CC1(C)c2ccccc2-c2cccc(N(c3ccc(-c4ccc5c(c4)c4ccccc4n5-c4ccccc4)cc3)c3ccc(-c4cccc5c4c4ccccc4n5-c4ccccc4)cc3)c21. The fourth-order valence-corrected chi connectivity index (χ4v) is 11.1. The summed E-state index contributed by atoms with van der Waals surface area (Å²) in [6.45, 7) is 4.76. The van der Waals surface area contributed by atoms with Crippen molar-refractivity contribution in [3.05, 3.63) is 248 Å². The number of fused-ring (bicyclic) bond motifs is 9. The highest BCUT2D eigenvalue weighted by molar-refractivity contribution is 6.16. The molecular weight excluding hydrogens is 799 g/mol. The molecule has 0 amide bonds. The molecule has 0 saturated heterocycles. The molecule has 0 aliphatic heterocycles. The molecule has 3 nitrogen and oxygen atoms in total. The van der Waals surface area contributed by atoms with E-state index in [4.69, 9.17) is 0 Å². The van der Waals surface area contributed by atoms with Crippen LogP contribution in [0.4, 0.5) is 17.1 Å². The predicted octanol–water partition coefficient (Wildman–Crippen LogP) is 17.0. The van der Waals surface area contributed by atoms with E-state index < -0.39 is 0 Å². The summed E-state index contributed by atoms with van der Waals surface area (Å²) in [5, 5.41) is 5.02. The van der Waals surface area contributed by atoms with E-state index in [0.717, 1.165) is 17.1 Å². The van der Waals surface area contributed by atoms with Crippen LogP contribution in [0.3, 0.4) is 0 Å². The van der Waals surface area contributed by atoms with Gasteiger partial charge in [-0.25, -0.2) is 0 Å². The molecule has 66 heavy (non-hydrogen) atoms. The van der Waals surface area contributed by atoms with Gasteiger partial charge in [0.1, 0.15) is 0 Å². The van der Waals surface area contributed by atoms with Crippen LogP contribution in [-0.2, 0) is 5.41 Å². The van der Waals surface area contributed by atoms with Gasteiger partial charge in [0.2, 0.25) is 0 Å². The Kier molecular flexibility index (Phi) is 8.56. The molecule has 0 radical (unpaired) electrons. The first-order valence-corrected chi connectivity index (χ1v) is 22.9. The first-order valence-electron chi connectivity index (χ1n) is 22.9. The molecule has 2 heterocycles. The minimum Gasteiger partial charge on any atom is -0.310 e. The summed E-state index contributed by atoms with van der Waals surface area (Å²) in [6, 6.07) is 86.7. The van der Waals surface area contributed by atoms with E-state index in [1.165, 1.54) is 99.5 Å². The molecule has 0 N–H and O–H groups in total. The number of para-hydroxylation sites is 4. The van der Waals surface area contributed by atoms with Crippen LogP contribution < -0.4 is 4.90 Å². The summed E-state index contributed by atoms with van der Waals surface area (Å²) < 4.78 is 4.77.